The summed E-state index contributed by atoms with van der Waals surface area (Å²) in [5.41, 5.74) is 3.50. The van der Waals surface area contributed by atoms with Crippen molar-refractivity contribution in [1.82, 2.24) is 4.98 Å². The predicted octanol–water partition coefficient (Wildman–Crippen LogP) is 3.77. The minimum Gasteiger partial charge on any atom is -0.462 e. The van der Waals surface area contributed by atoms with Crippen LogP contribution in [-0.4, -0.2) is 22.8 Å². The van der Waals surface area contributed by atoms with Crippen LogP contribution >= 0.6 is 11.8 Å². The largest absolute Gasteiger partial charge is 0.462 e. The predicted molar refractivity (Wildman–Crippen MR) is 87.9 cm³/mol. The number of hydrogen-bond acceptors (Lipinski definition) is 5. The van der Waals surface area contributed by atoms with E-state index < -0.39 is 0 Å². The Morgan fingerprint density at radius 1 is 1.36 bits per heavy atom. The first kappa shape index (κ1) is 16.3. The van der Waals surface area contributed by atoms with Crippen molar-refractivity contribution in [2.24, 2.45) is 0 Å². The number of thioether (sulfide) groups is 1. The Morgan fingerprint density at radius 2 is 2.05 bits per heavy atom. The van der Waals surface area contributed by atoms with Crippen molar-refractivity contribution < 1.29 is 9.53 Å². The number of carbonyl (C=O) groups excluding carboxylic acids is 1. The number of pyridine rings is 1. The maximum Gasteiger partial charge on any atom is 0.316 e. The molecule has 0 aliphatic rings. The highest BCUT2D eigenvalue weighted by atomic mass is 32.2. The van der Waals surface area contributed by atoms with Crippen LogP contribution in [0.15, 0.2) is 23.2 Å². The number of nitrogens with zero attached hydrogens (tertiary/aromatic N) is 2. The Bertz CT molecular complexity index is 763. The highest BCUT2D eigenvalue weighted by molar-refractivity contribution is 7.99. The van der Waals surface area contributed by atoms with Crippen LogP contribution in [0.3, 0.4) is 0 Å². The molecule has 5 heteroatoms. The first-order valence-electron chi connectivity index (χ1n) is 7.05. The molecular weight excluding hydrogens is 296 g/mol. The molecule has 1 aromatic carbocycles. The number of carbonyl (C=O) groups is 1. The minimum atomic E-state index is -0.299. The summed E-state index contributed by atoms with van der Waals surface area (Å²) in [5.74, 6) is -0.150. The molecule has 2 aromatic rings. The van der Waals surface area contributed by atoms with Crippen molar-refractivity contribution >= 4 is 28.6 Å². The van der Waals surface area contributed by atoms with E-state index in [0.29, 0.717) is 10.6 Å². The normalized spacial score (nSPS) is 10.7. The third kappa shape index (κ3) is 3.58. The van der Waals surface area contributed by atoms with Gasteiger partial charge in [-0.25, -0.2) is 4.98 Å². The van der Waals surface area contributed by atoms with Crippen molar-refractivity contribution in [3.05, 3.63) is 34.9 Å². The molecule has 0 bridgehead atoms. The van der Waals surface area contributed by atoms with Gasteiger partial charge in [0.2, 0.25) is 0 Å². The van der Waals surface area contributed by atoms with Crippen molar-refractivity contribution in [3.63, 3.8) is 0 Å². The molecule has 114 valence electrons. The van der Waals surface area contributed by atoms with E-state index in [0.717, 1.165) is 22.0 Å². The van der Waals surface area contributed by atoms with Gasteiger partial charge in [-0.2, -0.15) is 5.26 Å². The summed E-state index contributed by atoms with van der Waals surface area (Å²) in [6.07, 6.45) is -0.141. The van der Waals surface area contributed by atoms with E-state index in [1.54, 1.807) is 0 Å². The quantitative estimate of drug-likeness (QED) is 0.635. The van der Waals surface area contributed by atoms with Gasteiger partial charge < -0.3 is 4.74 Å². The molecule has 0 saturated carbocycles. The van der Waals surface area contributed by atoms with Crippen molar-refractivity contribution in [2.45, 2.75) is 38.8 Å². The third-order valence-electron chi connectivity index (χ3n) is 3.18. The summed E-state index contributed by atoms with van der Waals surface area (Å²) in [5, 5.41) is 10.9. The Labute approximate surface area is 134 Å². The fourth-order valence-corrected chi connectivity index (χ4v) is 2.87. The summed E-state index contributed by atoms with van der Waals surface area (Å²) in [6, 6.07) is 8.04. The van der Waals surface area contributed by atoms with Gasteiger partial charge in [0, 0.05) is 5.39 Å². The van der Waals surface area contributed by atoms with Crippen LogP contribution in [-0.2, 0) is 9.53 Å². The molecule has 0 spiro atoms. The average molecular weight is 314 g/mol. The number of esters is 1. The standard InChI is InChI=1S/C17H18N2O2S/c1-10(2)21-15(20)9-22-17-13(8-18)7-14-11(3)5-6-12(4)16(14)19-17/h5-7,10H,9H2,1-4H3. The molecule has 0 fully saturated rings. The Kier molecular flexibility index (Phi) is 5.04. The second-order valence-corrected chi connectivity index (χ2v) is 6.34. The second-order valence-electron chi connectivity index (χ2n) is 5.38. The summed E-state index contributed by atoms with van der Waals surface area (Å²) in [6.45, 7) is 7.60. The Balaban J connectivity index is 2.35. The molecule has 1 aromatic heterocycles. The van der Waals surface area contributed by atoms with Crippen LogP contribution < -0.4 is 0 Å². The molecule has 0 atom stereocenters. The fraction of sp³-hybridized carbons (Fsp3) is 0.353. The van der Waals surface area contributed by atoms with Crippen molar-refractivity contribution in [2.75, 3.05) is 5.75 Å². The average Bonchev–Trinajstić information content (AvgIpc) is 2.47. The first-order valence-corrected chi connectivity index (χ1v) is 8.04. The van der Waals surface area contributed by atoms with Crippen LogP contribution in [0.2, 0.25) is 0 Å². The fourth-order valence-electron chi connectivity index (χ4n) is 2.13. The number of rotatable bonds is 4. The number of aromatic nitrogens is 1. The van der Waals surface area contributed by atoms with Gasteiger partial charge in [0.25, 0.3) is 0 Å². The van der Waals surface area contributed by atoms with Crippen LogP contribution in [0.4, 0.5) is 0 Å². The first-order chi connectivity index (χ1) is 10.4. The molecule has 4 nitrogen and oxygen atoms in total. The molecule has 22 heavy (non-hydrogen) atoms. The molecular formula is C17H18N2O2S. The SMILES string of the molecule is Cc1ccc(C)c2nc(SCC(=O)OC(C)C)c(C#N)cc12. The lowest BCUT2D eigenvalue weighted by atomic mass is 10.0. The number of fused-ring (bicyclic) bond motifs is 1. The van der Waals surface area contributed by atoms with Gasteiger partial charge in [-0.05, 0) is 44.9 Å². The van der Waals surface area contributed by atoms with E-state index in [2.05, 4.69) is 11.1 Å². The maximum atomic E-state index is 11.7. The smallest absolute Gasteiger partial charge is 0.316 e. The van der Waals surface area contributed by atoms with Crippen LogP contribution in [0.1, 0.15) is 30.5 Å². The molecule has 2 rings (SSSR count). The number of hydrogen-bond donors (Lipinski definition) is 0. The van der Waals surface area contributed by atoms with E-state index in [-0.39, 0.29) is 17.8 Å². The van der Waals surface area contributed by atoms with Gasteiger partial charge in [-0.1, -0.05) is 23.9 Å². The van der Waals surface area contributed by atoms with E-state index in [1.807, 2.05) is 45.9 Å². The van der Waals surface area contributed by atoms with Gasteiger partial charge >= 0.3 is 5.97 Å². The number of ether oxygens (including phenoxy) is 1. The zero-order chi connectivity index (χ0) is 16.3. The number of aryl methyl sites for hydroxylation is 2. The topological polar surface area (TPSA) is 63.0 Å². The summed E-state index contributed by atoms with van der Waals surface area (Å²) >= 11 is 1.24. The monoisotopic (exact) mass is 314 g/mol. The lowest BCUT2D eigenvalue weighted by Gasteiger charge is -2.10. The van der Waals surface area contributed by atoms with Crippen LogP contribution in [0.5, 0.6) is 0 Å². The Morgan fingerprint density at radius 3 is 2.68 bits per heavy atom. The molecule has 0 radical (unpaired) electrons. The van der Waals surface area contributed by atoms with Gasteiger partial charge in [0.15, 0.2) is 0 Å². The van der Waals surface area contributed by atoms with Crippen LogP contribution in [0, 0.1) is 25.2 Å². The van der Waals surface area contributed by atoms with Gasteiger partial charge in [-0.3, -0.25) is 4.79 Å². The lowest BCUT2D eigenvalue weighted by molar-refractivity contribution is -0.144. The number of benzene rings is 1. The van der Waals surface area contributed by atoms with E-state index in [4.69, 9.17) is 4.74 Å². The van der Waals surface area contributed by atoms with Gasteiger partial charge in [0.05, 0.1) is 22.9 Å². The highest BCUT2D eigenvalue weighted by Gasteiger charge is 2.13. The molecule has 1 heterocycles. The number of nitriles is 1. The van der Waals surface area contributed by atoms with Crippen molar-refractivity contribution in [3.8, 4) is 6.07 Å². The molecule has 0 unspecified atom stereocenters. The summed E-state index contributed by atoms with van der Waals surface area (Å²) in [7, 11) is 0. The Hall–Kier alpha value is -2.06. The van der Waals surface area contributed by atoms with E-state index in [1.165, 1.54) is 11.8 Å². The lowest BCUT2D eigenvalue weighted by Crippen LogP contribution is -2.13. The molecule has 0 amide bonds. The zero-order valence-electron chi connectivity index (χ0n) is 13.1. The van der Waals surface area contributed by atoms with Gasteiger partial charge in [0.1, 0.15) is 11.1 Å². The maximum absolute atomic E-state index is 11.7. The summed E-state index contributed by atoms with van der Waals surface area (Å²) < 4.78 is 5.11. The van der Waals surface area contributed by atoms with Crippen LogP contribution in [0.25, 0.3) is 10.9 Å². The third-order valence-corrected chi connectivity index (χ3v) is 4.15. The van der Waals surface area contributed by atoms with E-state index in [9.17, 15) is 10.1 Å². The molecule has 0 N–H and O–H groups in total. The molecule has 0 saturated heterocycles. The second kappa shape index (κ2) is 6.80. The van der Waals surface area contributed by atoms with Gasteiger partial charge in [-0.15, -0.1) is 0 Å². The highest BCUT2D eigenvalue weighted by Crippen LogP contribution is 2.28. The molecule has 0 aliphatic carbocycles. The van der Waals surface area contributed by atoms with Crippen molar-refractivity contribution in [1.29, 1.82) is 5.26 Å². The molecule has 0 aliphatic heterocycles. The zero-order valence-corrected chi connectivity index (χ0v) is 14.0. The minimum absolute atomic E-state index is 0.141. The van der Waals surface area contributed by atoms with E-state index >= 15 is 0 Å². The summed E-state index contributed by atoms with van der Waals surface area (Å²) in [4.78, 5) is 16.2.